The number of aromatic hydroxyl groups is 2. The molecule has 0 radical (unpaired) electrons. The third-order valence-electron chi connectivity index (χ3n) is 4.09. The van der Waals surface area contributed by atoms with Gasteiger partial charge < -0.3 is 10.2 Å². The van der Waals surface area contributed by atoms with E-state index in [0.717, 1.165) is 22.5 Å². The molecule has 2 N–H and O–H groups in total. The van der Waals surface area contributed by atoms with E-state index in [2.05, 4.69) is 9.98 Å². The van der Waals surface area contributed by atoms with Crippen LogP contribution in [-0.4, -0.2) is 22.6 Å². The second-order valence-electron chi connectivity index (χ2n) is 6.31. The van der Waals surface area contributed by atoms with Crippen molar-refractivity contribution in [3.05, 3.63) is 120 Å². The lowest BCUT2D eigenvalue weighted by Gasteiger charge is -1.96. The number of nitrogens with zero attached hydrogens (tertiary/aromatic N) is 2. The fourth-order valence-corrected chi connectivity index (χ4v) is 2.51. The maximum Gasteiger partial charge on any atom is 0.124 e. The average molecular weight is 397 g/mol. The standard InChI is InChI=1S/2C13H11NO.H2/c2*15-13-9-5-4-6-11(13)10-14-12-7-2-1-3-8-12;/h2*1-10,15H;1H/i;;1+1. The van der Waals surface area contributed by atoms with Crippen molar-refractivity contribution < 1.29 is 11.6 Å². The van der Waals surface area contributed by atoms with Crippen molar-refractivity contribution in [1.82, 2.24) is 0 Å². The minimum absolute atomic E-state index is 0. The van der Waals surface area contributed by atoms with Gasteiger partial charge in [0, 0.05) is 25.0 Å². The molecule has 0 aliphatic carbocycles. The molecule has 0 aliphatic rings. The Bertz CT molecular complexity index is 1020. The van der Waals surface area contributed by atoms with E-state index in [-0.39, 0.29) is 12.9 Å². The van der Waals surface area contributed by atoms with Crippen LogP contribution in [0, 0.1) is 0 Å². The maximum absolute atomic E-state index is 9.50. The zero-order valence-corrected chi connectivity index (χ0v) is 16.3. The van der Waals surface area contributed by atoms with Crippen molar-refractivity contribution in [2.75, 3.05) is 0 Å². The van der Waals surface area contributed by atoms with E-state index in [1.807, 2.05) is 84.9 Å². The molecule has 0 saturated carbocycles. The van der Waals surface area contributed by atoms with Gasteiger partial charge in [0.15, 0.2) is 0 Å². The largest absolute Gasteiger partial charge is 0.507 e. The average Bonchev–Trinajstić information content (AvgIpc) is 2.80. The van der Waals surface area contributed by atoms with Crippen LogP contribution >= 0.6 is 0 Å². The molecule has 4 aromatic carbocycles. The highest BCUT2D eigenvalue weighted by Crippen LogP contribution is 2.16. The third kappa shape index (κ3) is 6.46. The molecule has 0 saturated heterocycles. The highest BCUT2D eigenvalue weighted by Gasteiger charge is 1.95. The summed E-state index contributed by atoms with van der Waals surface area (Å²) in [6, 6.07) is 33.5. The second-order valence-corrected chi connectivity index (χ2v) is 6.31. The van der Waals surface area contributed by atoms with Gasteiger partial charge in [-0.3, -0.25) is 9.98 Å². The topological polar surface area (TPSA) is 65.2 Å². The lowest BCUT2D eigenvalue weighted by Crippen LogP contribution is -1.80. The summed E-state index contributed by atoms with van der Waals surface area (Å²) in [4.78, 5) is 8.50. The van der Waals surface area contributed by atoms with Gasteiger partial charge in [-0.25, -0.2) is 0 Å². The molecule has 4 heteroatoms. The van der Waals surface area contributed by atoms with Gasteiger partial charge in [0.2, 0.25) is 0 Å². The summed E-state index contributed by atoms with van der Waals surface area (Å²) >= 11 is 0. The lowest BCUT2D eigenvalue weighted by molar-refractivity contribution is 0.474. The quantitative estimate of drug-likeness (QED) is 0.384. The van der Waals surface area contributed by atoms with E-state index in [9.17, 15) is 10.2 Å². The molecule has 0 unspecified atom stereocenters. The molecule has 0 spiro atoms. The zero-order valence-electron chi connectivity index (χ0n) is 16.3. The Morgan fingerprint density at radius 2 is 0.800 bits per heavy atom. The van der Waals surface area contributed by atoms with Crippen LogP contribution in [0.2, 0.25) is 0 Å². The summed E-state index contributed by atoms with van der Waals surface area (Å²) < 4.78 is 0. The minimum Gasteiger partial charge on any atom is -0.507 e. The highest BCUT2D eigenvalue weighted by molar-refractivity contribution is 5.85. The Kier molecular flexibility index (Phi) is 7.52. The summed E-state index contributed by atoms with van der Waals surface area (Å²) in [5.74, 6) is 0.495. The van der Waals surface area contributed by atoms with Crippen LogP contribution in [0.3, 0.4) is 0 Å². The first-order valence-corrected chi connectivity index (χ1v) is 9.46. The number of hydrogen-bond donors (Lipinski definition) is 2. The van der Waals surface area contributed by atoms with Gasteiger partial charge in [0.1, 0.15) is 11.5 Å². The minimum atomic E-state index is 0. The number of hydrogen-bond acceptors (Lipinski definition) is 4. The van der Waals surface area contributed by atoms with Gasteiger partial charge in [-0.1, -0.05) is 60.7 Å². The summed E-state index contributed by atoms with van der Waals surface area (Å²) in [6.45, 7) is 0. The molecule has 150 valence electrons. The zero-order chi connectivity index (χ0) is 21.0. The number of benzene rings is 4. The molecule has 4 aromatic rings. The SMILES string of the molecule is Oc1ccccc1C=Nc1ccccc1.Oc1ccccc1C=Nc1ccccc1.[2HH]. The fraction of sp³-hybridized carbons (Fsp3) is 0. The monoisotopic (exact) mass is 397 g/mol. The van der Waals surface area contributed by atoms with E-state index >= 15 is 0 Å². The Labute approximate surface area is 177 Å². The maximum atomic E-state index is 9.50. The number of aliphatic imine (C=N–C) groups is 2. The van der Waals surface area contributed by atoms with Crippen LogP contribution in [0.15, 0.2) is 119 Å². The molecule has 0 aliphatic heterocycles. The highest BCUT2D eigenvalue weighted by atomic mass is 16.3. The first-order chi connectivity index (χ1) is 14.7. The number of rotatable bonds is 4. The van der Waals surface area contributed by atoms with Gasteiger partial charge in [-0.2, -0.15) is 0 Å². The molecule has 0 atom stereocenters. The van der Waals surface area contributed by atoms with Crippen molar-refractivity contribution >= 4 is 23.8 Å². The molecule has 0 fully saturated rings. The summed E-state index contributed by atoms with van der Waals surface area (Å²) in [7, 11) is 0. The van der Waals surface area contributed by atoms with Crippen LogP contribution in [0.1, 0.15) is 12.6 Å². The third-order valence-corrected chi connectivity index (χ3v) is 4.09. The van der Waals surface area contributed by atoms with Gasteiger partial charge in [-0.05, 0) is 48.5 Å². The first kappa shape index (κ1) is 20.6. The molecule has 4 rings (SSSR count). The molecule has 30 heavy (non-hydrogen) atoms. The second kappa shape index (κ2) is 11.0. The predicted molar refractivity (Wildman–Crippen MR) is 126 cm³/mol. The molecular formula is C26H24N2O2. The summed E-state index contributed by atoms with van der Waals surface area (Å²) in [6.07, 6.45) is 3.31. The Morgan fingerprint density at radius 3 is 1.17 bits per heavy atom. The molecule has 4 nitrogen and oxygen atoms in total. The van der Waals surface area contributed by atoms with Crippen molar-refractivity contribution in [3.8, 4) is 11.5 Å². The summed E-state index contributed by atoms with van der Waals surface area (Å²) in [5, 5.41) is 19.0. The van der Waals surface area contributed by atoms with Gasteiger partial charge in [0.25, 0.3) is 0 Å². The fourth-order valence-electron chi connectivity index (χ4n) is 2.51. The van der Waals surface area contributed by atoms with Crippen molar-refractivity contribution in [2.24, 2.45) is 9.98 Å². The van der Waals surface area contributed by atoms with E-state index in [1.165, 1.54) is 0 Å². The lowest BCUT2D eigenvalue weighted by atomic mass is 10.2. The first-order valence-electron chi connectivity index (χ1n) is 9.46. The number of para-hydroxylation sites is 4. The molecule has 0 bridgehead atoms. The van der Waals surface area contributed by atoms with Crippen molar-refractivity contribution in [3.63, 3.8) is 0 Å². The smallest absolute Gasteiger partial charge is 0.124 e. The molecule has 0 amide bonds. The van der Waals surface area contributed by atoms with Crippen LogP contribution in [0.4, 0.5) is 11.4 Å². The van der Waals surface area contributed by atoms with Gasteiger partial charge in [-0.15, -0.1) is 0 Å². The van der Waals surface area contributed by atoms with Crippen LogP contribution in [-0.2, 0) is 0 Å². The van der Waals surface area contributed by atoms with E-state index in [4.69, 9.17) is 0 Å². The Morgan fingerprint density at radius 1 is 0.467 bits per heavy atom. The molecule has 0 heterocycles. The van der Waals surface area contributed by atoms with Gasteiger partial charge in [0.05, 0.1) is 11.4 Å². The number of phenols is 2. The molecular weight excluding hydrogens is 372 g/mol. The van der Waals surface area contributed by atoms with Crippen molar-refractivity contribution in [2.45, 2.75) is 0 Å². The summed E-state index contributed by atoms with van der Waals surface area (Å²) in [5.41, 5.74) is 3.20. The normalized spacial score (nSPS) is 10.7. The Balaban J connectivity index is 0.000000213. The van der Waals surface area contributed by atoms with Crippen LogP contribution in [0.25, 0.3) is 0 Å². The van der Waals surface area contributed by atoms with E-state index in [1.54, 1.807) is 36.7 Å². The van der Waals surface area contributed by atoms with E-state index in [0.29, 0.717) is 0 Å². The van der Waals surface area contributed by atoms with Crippen LogP contribution in [0.5, 0.6) is 11.5 Å². The number of phenolic OH excluding ortho intramolecular Hbond substituents is 2. The Hall–Kier alpha value is -4.18. The van der Waals surface area contributed by atoms with E-state index < -0.39 is 0 Å². The van der Waals surface area contributed by atoms with Crippen molar-refractivity contribution in [1.29, 1.82) is 0 Å². The van der Waals surface area contributed by atoms with Crippen LogP contribution < -0.4 is 0 Å². The van der Waals surface area contributed by atoms with Gasteiger partial charge >= 0.3 is 0 Å². The predicted octanol–water partition coefficient (Wildman–Crippen LogP) is 6.53. The molecule has 0 aromatic heterocycles.